The molecule has 10 nitrogen and oxygen atoms in total. The van der Waals surface area contributed by atoms with Gasteiger partial charge in [0.2, 0.25) is 11.6 Å². The Morgan fingerprint density at radius 2 is 2.08 bits per heavy atom. The molecule has 0 radical (unpaired) electrons. The van der Waals surface area contributed by atoms with Crippen molar-refractivity contribution >= 4 is 29.1 Å². The van der Waals surface area contributed by atoms with Gasteiger partial charge in [0.25, 0.3) is 5.91 Å². The summed E-state index contributed by atoms with van der Waals surface area (Å²) in [5, 5.41) is 22.2. The fourth-order valence-electron chi connectivity index (χ4n) is 2.35. The molecule has 0 aliphatic carbocycles. The standard InChI is InChI=1S/C15H14ClN7O3/c1-2-22-13(12(7-18-22)23(25)26)14(24)19-15-17-9-21(20-15)8-10-3-5-11(16)6-4-10/h3-7,9H,2,8H2,1H3,(H,19,20,24). The molecule has 2 aromatic heterocycles. The van der Waals surface area contributed by atoms with Crippen LogP contribution in [0.1, 0.15) is 23.0 Å². The number of nitrogens with zero attached hydrogens (tertiary/aromatic N) is 6. The van der Waals surface area contributed by atoms with Gasteiger partial charge in [-0.25, -0.2) is 9.67 Å². The Bertz CT molecular complexity index is 949. The number of nitrogens with one attached hydrogen (secondary N) is 1. The maximum Gasteiger partial charge on any atom is 0.320 e. The number of aromatic nitrogens is 5. The van der Waals surface area contributed by atoms with E-state index in [0.29, 0.717) is 18.1 Å². The van der Waals surface area contributed by atoms with Crippen molar-refractivity contribution in [3.63, 3.8) is 0 Å². The molecule has 0 spiro atoms. The van der Waals surface area contributed by atoms with Crippen molar-refractivity contribution in [1.29, 1.82) is 0 Å². The van der Waals surface area contributed by atoms with Gasteiger partial charge in [-0.05, 0) is 24.6 Å². The van der Waals surface area contributed by atoms with Crippen LogP contribution >= 0.6 is 11.6 Å². The fourth-order valence-corrected chi connectivity index (χ4v) is 2.47. The molecule has 0 saturated heterocycles. The maximum atomic E-state index is 12.4. The molecule has 1 aromatic carbocycles. The molecule has 0 aliphatic heterocycles. The molecule has 26 heavy (non-hydrogen) atoms. The number of halogens is 1. The molecule has 0 fully saturated rings. The second kappa shape index (κ2) is 7.31. The van der Waals surface area contributed by atoms with Crippen molar-refractivity contribution in [3.05, 3.63) is 63.2 Å². The zero-order valence-corrected chi connectivity index (χ0v) is 14.4. The van der Waals surface area contributed by atoms with Crippen LogP contribution in [0.4, 0.5) is 11.6 Å². The Kier molecular flexibility index (Phi) is 4.94. The zero-order chi connectivity index (χ0) is 18.7. The highest BCUT2D eigenvalue weighted by Gasteiger charge is 2.27. The number of carbonyl (C=O) groups excluding carboxylic acids is 1. The van der Waals surface area contributed by atoms with E-state index in [0.717, 1.165) is 11.8 Å². The van der Waals surface area contributed by atoms with Crippen LogP contribution in [0.3, 0.4) is 0 Å². The van der Waals surface area contributed by atoms with Crippen molar-refractivity contribution in [2.24, 2.45) is 0 Å². The number of benzene rings is 1. The van der Waals surface area contributed by atoms with Gasteiger partial charge in [-0.2, -0.15) is 5.10 Å². The van der Waals surface area contributed by atoms with E-state index in [1.807, 2.05) is 12.1 Å². The molecule has 1 amide bonds. The van der Waals surface area contributed by atoms with E-state index in [2.05, 4.69) is 20.5 Å². The lowest BCUT2D eigenvalue weighted by Crippen LogP contribution is -2.19. The van der Waals surface area contributed by atoms with Gasteiger partial charge in [0, 0.05) is 11.6 Å². The first-order valence-electron chi connectivity index (χ1n) is 7.63. The molecule has 3 aromatic rings. The topological polar surface area (TPSA) is 121 Å². The van der Waals surface area contributed by atoms with E-state index in [9.17, 15) is 14.9 Å². The lowest BCUT2D eigenvalue weighted by atomic mass is 10.2. The Balaban J connectivity index is 1.75. The summed E-state index contributed by atoms with van der Waals surface area (Å²) in [5.41, 5.74) is 0.438. The maximum absolute atomic E-state index is 12.4. The number of amides is 1. The lowest BCUT2D eigenvalue weighted by Gasteiger charge is -2.04. The summed E-state index contributed by atoms with van der Waals surface area (Å²) in [7, 11) is 0. The molecule has 134 valence electrons. The molecule has 0 bridgehead atoms. The number of aryl methyl sites for hydroxylation is 1. The SMILES string of the molecule is CCn1ncc([N+](=O)[O-])c1C(=O)Nc1ncn(Cc2ccc(Cl)cc2)n1. The number of carbonyl (C=O) groups is 1. The minimum absolute atomic E-state index is 0.0436. The summed E-state index contributed by atoms with van der Waals surface area (Å²) in [6.45, 7) is 2.48. The third-order valence-electron chi connectivity index (χ3n) is 3.55. The summed E-state index contributed by atoms with van der Waals surface area (Å²) in [4.78, 5) is 26.8. The third kappa shape index (κ3) is 3.70. The van der Waals surface area contributed by atoms with E-state index in [1.165, 1.54) is 15.7 Å². The average Bonchev–Trinajstić information content (AvgIpc) is 3.23. The van der Waals surface area contributed by atoms with Crippen molar-refractivity contribution in [3.8, 4) is 0 Å². The Labute approximate surface area is 152 Å². The monoisotopic (exact) mass is 375 g/mol. The van der Waals surface area contributed by atoms with Crippen molar-refractivity contribution in [2.75, 3.05) is 5.32 Å². The number of nitro groups is 1. The summed E-state index contributed by atoms with van der Waals surface area (Å²) < 4.78 is 2.78. The summed E-state index contributed by atoms with van der Waals surface area (Å²) in [6.07, 6.45) is 2.50. The second-order valence-corrected chi connectivity index (χ2v) is 5.73. The van der Waals surface area contributed by atoms with Crippen LogP contribution < -0.4 is 5.32 Å². The van der Waals surface area contributed by atoms with Crippen LogP contribution in [-0.4, -0.2) is 35.4 Å². The van der Waals surface area contributed by atoms with Crippen molar-refractivity contribution in [2.45, 2.75) is 20.0 Å². The predicted octanol–water partition coefficient (Wildman–Crippen LogP) is 2.36. The number of hydrogen-bond acceptors (Lipinski definition) is 6. The van der Waals surface area contributed by atoms with E-state index >= 15 is 0 Å². The molecule has 1 N–H and O–H groups in total. The average molecular weight is 376 g/mol. The van der Waals surface area contributed by atoms with Crippen molar-refractivity contribution < 1.29 is 9.72 Å². The lowest BCUT2D eigenvalue weighted by molar-refractivity contribution is -0.385. The van der Waals surface area contributed by atoms with Crippen LogP contribution in [0.25, 0.3) is 0 Å². The third-order valence-corrected chi connectivity index (χ3v) is 3.80. The summed E-state index contributed by atoms with van der Waals surface area (Å²) >= 11 is 5.85. The van der Waals surface area contributed by atoms with Gasteiger partial charge in [0.15, 0.2) is 0 Å². The molecule has 11 heteroatoms. The first-order chi connectivity index (χ1) is 12.5. The number of anilines is 1. The van der Waals surface area contributed by atoms with Gasteiger partial charge in [-0.15, -0.1) is 5.10 Å². The highest BCUT2D eigenvalue weighted by molar-refractivity contribution is 6.30. The fraction of sp³-hybridized carbons (Fsp3) is 0.200. The van der Waals surface area contributed by atoms with Gasteiger partial charge in [-0.1, -0.05) is 23.7 Å². The van der Waals surface area contributed by atoms with Crippen LogP contribution in [0.5, 0.6) is 0 Å². The molecular weight excluding hydrogens is 362 g/mol. The molecular formula is C15H14ClN7O3. The Hall–Kier alpha value is -3.27. The van der Waals surface area contributed by atoms with Crippen molar-refractivity contribution in [1.82, 2.24) is 24.5 Å². The number of rotatable bonds is 6. The van der Waals surface area contributed by atoms with E-state index < -0.39 is 10.8 Å². The number of hydrogen-bond donors (Lipinski definition) is 1. The molecule has 0 unspecified atom stereocenters. The first kappa shape index (κ1) is 17.5. The second-order valence-electron chi connectivity index (χ2n) is 5.30. The first-order valence-corrected chi connectivity index (χ1v) is 8.01. The predicted molar refractivity (Wildman–Crippen MR) is 93.1 cm³/mol. The normalized spacial score (nSPS) is 10.7. The van der Waals surface area contributed by atoms with Crippen LogP contribution in [0.15, 0.2) is 36.8 Å². The highest BCUT2D eigenvalue weighted by atomic mass is 35.5. The Morgan fingerprint density at radius 3 is 2.73 bits per heavy atom. The molecule has 0 aliphatic rings. The molecule has 2 heterocycles. The Morgan fingerprint density at radius 1 is 1.35 bits per heavy atom. The van der Waals surface area contributed by atoms with Gasteiger partial charge >= 0.3 is 5.69 Å². The van der Waals surface area contributed by atoms with Crippen LogP contribution in [-0.2, 0) is 13.1 Å². The molecule has 0 saturated carbocycles. The highest BCUT2D eigenvalue weighted by Crippen LogP contribution is 2.19. The van der Waals surface area contributed by atoms with Gasteiger partial charge < -0.3 is 0 Å². The van der Waals surface area contributed by atoms with E-state index in [4.69, 9.17) is 11.6 Å². The minimum Gasteiger partial charge on any atom is -0.288 e. The quantitative estimate of drug-likeness (QED) is 0.521. The van der Waals surface area contributed by atoms with E-state index in [1.54, 1.807) is 19.1 Å². The van der Waals surface area contributed by atoms with Crippen LogP contribution in [0.2, 0.25) is 5.02 Å². The van der Waals surface area contributed by atoms with Gasteiger partial charge in [-0.3, -0.25) is 24.9 Å². The molecule has 3 rings (SSSR count). The largest absolute Gasteiger partial charge is 0.320 e. The minimum atomic E-state index is -0.694. The van der Waals surface area contributed by atoms with Crippen LogP contribution in [0, 0.1) is 10.1 Å². The van der Waals surface area contributed by atoms with E-state index in [-0.39, 0.29) is 17.3 Å². The zero-order valence-electron chi connectivity index (χ0n) is 13.7. The van der Waals surface area contributed by atoms with Gasteiger partial charge in [0.05, 0.1) is 11.5 Å². The summed E-state index contributed by atoms with van der Waals surface area (Å²) in [6, 6.07) is 7.24. The summed E-state index contributed by atoms with van der Waals surface area (Å²) in [5.74, 6) is -0.651. The smallest absolute Gasteiger partial charge is 0.288 e. The van der Waals surface area contributed by atoms with Gasteiger partial charge in [0.1, 0.15) is 12.5 Å². The molecule has 0 atom stereocenters.